The van der Waals surface area contributed by atoms with Crippen LogP contribution in [0.5, 0.6) is 0 Å². The summed E-state index contributed by atoms with van der Waals surface area (Å²) < 4.78 is 0. The molecule has 1 aliphatic rings. The lowest BCUT2D eigenvalue weighted by molar-refractivity contribution is 0.0939. The van der Waals surface area contributed by atoms with Crippen LogP contribution in [0.15, 0.2) is 18.2 Å². The van der Waals surface area contributed by atoms with E-state index in [2.05, 4.69) is 24.5 Å². The van der Waals surface area contributed by atoms with Crippen LogP contribution in [-0.2, 0) is 0 Å². The molecule has 2 N–H and O–H groups in total. The zero-order valence-electron chi connectivity index (χ0n) is 16.8. The first-order valence-corrected chi connectivity index (χ1v) is 9.81. The number of rotatable bonds is 8. The van der Waals surface area contributed by atoms with Crippen LogP contribution in [0.1, 0.15) is 69.3 Å². The fraction of sp³-hybridized carbons (Fsp3) is 0.619. The molecule has 1 saturated carbocycles. The highest BCUT2D eigenvalue weighted by Crippen LogP contribution is 2.28. The molecule has 1 atom stereocenters. The maximum absolute atomic E-state index is 12.7. The molecule has 3 amide bonds. The van der Waals surface area contributed by atoms with Gasteiger partial charge in [-0.25, -0.2) is 4.79 Å². The Kier molecular flexibility index (Phi) is 7.06. The molecule has 1 fully saturated rings. The molecule has 26 heavy (non-hydrogen) atoms. The quantitative estimate of drug-likeness (QED) is 0.714. The van der Waals surface area contributed by atoms with Crippen molar-refractivity contribution in [2.24, 2.45) is 5.92 Å². The van der Waals surface area contributed by atoms with E-state index < -0.39 is 0 Å². The molecule has 0 bridgehead atoms. The average Bonchev–Trinajstić information content (AvgIpc) is 3.41. The van der Waals surface area contributed by atoms with Gasteiger partial charge in [-0.05, 0) is 69.2 Å². The maximum atomic E-state index is 12.7. The molecule has 5 heteroatoms. The van der Waals surface area contributed by atoms with Gasteiger partial charge in [0.15, 0.2) is 0 Å². The van der Waals surface area contributed by atoms with E-state index in [1.54, 1.807) is 6.07 Å². The number of hydrogen-bond acceptors (Lipinski definition) is 2. The van der Waals surface area contributed by atoms with Gasteiger partial charge in [0.2, 0.25) is 0 Å². The smallest absolute Gasteiger partial charge is 0.322 e. The number of aryl methyl sites for hydroxylation is 1. The van der Waals surface area contributed by atoms with Gasteiger partial charge in [-0.3, -0.25) is 4.79 Å². The van der Waals surface area contributed by atoms with Crippen molar-refractivity contribution in [2.45, 2.75) is 72.4 Å². The normalized spacial score (nSPS) is 14.8. The summed E-state index contributed by atoms with van der Waals surface area (Å²) >= 11 is 0. The summed E-state index contributed by atoms with van der Waals surface area (Å²) in [5, 5.41) is 6.00. The van der Waals surface area contributed by atoms with Crippen molar-refractivity contribution in [1.29, 1.82) is 0 Å². The lowest BCUT2D eigenvalue weighted by atomic mass is 10.1. The van der Waals surface area contributed by atoms with Crippen LogP contribution in [0.4, 0.5) is 10.5 Å². The van der Waals surface area contributed by atoms with Crippen molar-refractivity contribution in [2.75, 3.05) is 11.9 Å². The monoisotopic (exact) mass is 359 g/mol. The molecule has 0 aliphatic heterocycles. The zero-order chi connectivity index (χ0) is 19.3. The fourth-order valence-electron chi connectivity index (χ4n) is 2.77. The Bertz CT molecular complexity index is 638. The standard InChI is InChI=1S/C21H33N3O2/c1-6-16(5)22-20(25)17-7-10-19(15(4)13-17)23-21(26)24(18-8-9-18)12-11-14(2)3/h7,10,13-14,16,18H,6,8-9,11-12H2,1-5H3,(H,22,25)(H,23,26). The number of hydrogen-bond donors (Lipinski definition) is 2. The molecular formula is C21H33N3O2. The zero-order valence-corrected chi connectivity index (χ0v) is 16.8. The minimum Gasteiger partial charge on any atom is -0.350 e. The Morgan fingerprint density at radius 3 is 2.46 bits per heavy atom. The van der Waals surface area contributed by atoms with Crippen molar-refractivity contribution >= 4 is 17.6 Å². The van der Waals surface area contributed by atoms with Gasteiger partial charge in [0.05, 0.1) is 0 Å². The molecule has 0 heterocycles. The number of carbonyl (C=O) groups is 2. The first kappa shape index (κ1) is 20.3. The van der Waals surface area contributed by atoms with Gasteiger partial charge in [-0.15, -0.1) is 0 Å². The van der Waals surface area contributed by atoms with E-state index in [1.807, 2.05) is 37.8 Å². The van der Waals surface area contributed by atoms with Gasteiger partial charge in [0.1, 0.15) is 0 Å². The Morgan fingerprint density at radius 1 is 1.23 bits per heavy atom. The SMILES string of the molecule is CCC(C)NC(=O)c1ccc(NC(=O)N(CCC(C)C)C2CC2)c(C)c1. The molecule has 5 nitrogen and oxygen atoms in total. The molecule has 0 saturated heterocycles. The van der Waals surface area contributed by atoms with Crippen molar-refractivity contribution in [3.8, 4) is 0 Å². The molecule has 1 aromatic rings. The molecule has 1 unspecified atom stereocenters. The second kappa shape index (κ2) is 9.06. The number of urea groups is 1. The molecule has 144 valence electrons. The van der Waals surface area contributed by atoms with E-state index >= 15 is 0 Å². The van der Waals surface area contributed by atoms with E-state index in [0.29, 0.717) is 17.5 Å². The second-order valence-electron chi connectivity index (χ2n) is 7.85. The van der Waals surface area contributed by atoms with Crippen LogP contribution in [0.2, 0.25) is 0 Å². The largest absolute Gasteiger partial charge is 0.350 e. The van der Waals surface area contributed by atoms with Crippen LogP contribution < -0.4 is 10.6 Å². The van der Waals surface area contributed by atoms with Gasteiger partial charge in [-0.1, -0.05) is 20.8 Å². The summed E-state index contributed by atoms with van der Waals surface area (Å²) in [6.45, 7) is 11.1. The summed E-state index contributed by atoms with van der Waals surface area (Å²) in [4.78, 5) is 26.9. The Labute approximate surface area is 157 Å². The van der Waals surface area contributed by atoms with Crippen molar-refractivity contribution in [3.05, 3.63) is 29.3 Å². The lowest BCUT2D eigenvalue weighted by Gasteiger charge is -2.24. The van der Waals surface area contributed by atoms with Gasteiger partial charge in [-0.2, -0.15) is 0 Å². The van der Waals surface area contributed by atoms with Crippen LogP contribution in [0.3, 0.4) is 0 Å². The van der Waals surface area contributed by atoms with E-state index in [1.165, 1.54) is 0 Å². The van der Waals surface area contributed by atoms with Crippen molar-refractivity contribution in [3.63, 3.8) is 0 Å². The molecule has 2 rings (SSSR count). The highest BCUT2D eigenvalue weighted by molar-refractivity contribution is 5.96. The molecule has 0 radical (unpaired) electrons. The van der Waals surface area contributed by atoms with Crippen molar-refractivity contribution in [1.82, 2.24) is 10.2 Å². The van der Waals surface area contributed by atoms with E-state index in [9.17, 15) is 9.59 Å². The summed E-state index contributed by atoms with van der Waals surface area (Å²) in [6.07, 6.45) is 4.10. The fourth-order valence-corrected chi connectivity index (χ4v) is 2.77. The first-order chi connectivity index (χ1) is 12.3. The number of carbonyl (C=O) groups excluding carboxylic acids is 2. The van der Waals surface area contributed by atoms with Gasteiger partial charge >= 0.3 is 6.03 Å². The predicted octanol–water partition coefficient (Wildman–Crippen LogP) is 4.57. The van der Waals surface area contributed by atoms with Crippen LogP contribution in [0.25, 0.3) is 0 Å². The topological polar surface area (TPSA) is 61.4 Å². The van der Waals surface area contributed by atoms with Gasteiger partial charge < -0.3 is 15.5 Å². The minimum absolute atomic E-state index is 0.0342. The van der Waals surface area contributed by atoms with Crippen LogP contribution in [-0.4, -0.2) is 35.5 Å². The Hall–Kier alpha value is -2.04. The third kappa shape index (κ3) is 5.75. The van der Waals surface area contributed by atoms with E-state index in [0.717, 1.165) is 43.5 Å². The predicted molar refractivity (Wildman–Crippen MR) is 107 cm³/mol. The molecule has 1 aliphatic carbocycles. The average molecular weight is 360 g/mol. The highest BCUT2D eigenvalue weighted by atomic mass is 16.2. The molecule has 1 aromatic carbocycles. The molecular weight excluding hydrogens is 326 g/mol. The third-order valence-electron chi connectivity index (χ3n) is 4.92. The first-order valence-electron chi connectivity index (χ1n) is 9.81. The maximum Gasteiger partial charge on any atom is 0.322 e. The number of amides is 3. The Morgan fingerprint density at radius 2 is 1.92 bits per heavy atom. The highest BCUT2D eigenvalue weighted by Gasteiger charge is 2.32. The van der Waals surface area contributed by atoms with Gasteiger partial charge in [0.25, 0.3) is 5.91 Å². The Balaban J connectivity index is 2.02. The number of benzene rings is 1. The summed E-state index contributed by atoms with van der Waals surface area (Å²) in [5.41, 5.74) is 2.29. The van der Waals surface area contributed by atoms with E-state index in [-0.39, 0.29) is 18.0 Å². The van der Waals surface area contributed by atoms with E-state index in [4.69, 9.17) is 0 Å². The second-order valence-corrected chi connectivity index (χ2v) is 7.85. The molecule has 0 spiro atoms. The summed E-state index contributed by atoms with van der Waals surface area (Å²) in [5.74, 6) is 0.506. The minimum atomic E-state index is -0.0723. The van der Waals surface area contributed by atoms with Gasteiger partial charge in [0, 0.05) is 29.9 Å². The van der Waals surface area contributed by atoms with Crippen LogP contribution >= 0.6 is 0 Å². The third-order valence-corrected chi connectivity index (χ3v) is 4.92. The number of nitrogens with zero attached hydrogens (tertiary/aromatic N) is 1. The lowest BCUT2D eigenvalue weighted by Crippen LogP contribution is -2.38. The summed E-state index contributed by atoms with van der Waals surface area (Å²) in [6, 6.07) is 5.93. The van der Waals surface area contributed by atoms with Crippen LogP contribution in [0, 0.1) is 12.8 Å². The summed E-state index contributed by atoms with van der Waals surface area (Å²) in [7, 11) is 0. The van der Waals surface area contributed by atoms with Crippen molar-refractivity contribution < 1.29 is 9.59 Å². The molecule has 0 aromatic heterocycles. The number of nitrogens with one attached hydrogen (secondary N) is 2. The number of anilines is 1.